The first-order valence-electron chi connectivity index (χ1n) is 5.70. The Kier molecular flexibility index (Phi) is 3.33. The summed E-state index contributed by atoms with van der Waals surface area (Å²) in [6.45, 7) is 4.81. The third-order valence-electron chi connectivity index (χ3n) is 2.91. The van der Waals surface area contributed by atoms with Crippen molar-refractivity contribution < 1.29 is 4.74 Å². The van der Waals surface area contributed by atoms with Gasteiger partial charge in [0.1, 0.15) is 12.4 Å². The Morgan fingerprint density at radius 3 is 2.12 bits per heavy atom. The van der Waals surface area contributed by atoms with Crippen LogP contribution in [0.25, 0.3) is 0 Å². The van der Waals surface area contributed by atoms with Gasteiger partial charge >= 0.3 is 0 Å². The normalized spacial score (nSPS) is 10.2. The summed E-state index contributed by atoms with van der Waals surface area (Å²) >= 11 is 0. The van der Waals surface area contributed by atoms with Crippen LogP contribution in [0, 0.1) is 13.8 Å². The van der Waals surface area contributed by atoms with Crippen molar-refractivity contribution in [2.45, 2.75) is 20.5 Å². The number of hydrogen-bond acceptors (Lipinski definition) is 2. The largest absolute Gasteiger partial charge is 0.489 e. The second-order valence-corrected chi connectivity index (χ2v) is 4.23. The molecular weight excluding hydrogens is 210 g/mol. The number of anilines is 1. The molecule has 2 nitrogen and oxygen atoms in total. The number of ether oxygens (including phenoxy) is 1. The van der Waals surface area contributed by atoms with E-state index < -0.39 is 0 Å². The smallest absolute Gasteiger partial charge is 0.119 e. The highest BCUT2D eigenvalue weighted by molar-refractivity contribution is 5.42. The summed E-state index contributed by atoms with van der Waals surface area (Å²) in [5, 5.41) is 0. The molecule has 2 N–H and O–H groups in total. The summed E-state index contributed by atoms with van der Waals surface area (Å²) in [5.74, 6) is 0.849. The van der Waals surface area contributed by atoms with Crippen LogP contribution in [-0.4, -0.2) is 0 Å². The van der Waals surface area contributed by atoms with Crippen molar-refractivity contribution in [3.8, 4) is 5.75 Å². The standard InChI is InChI=1S/C15H17NO/c1-11-4-3-5-12(2)15(11)10-17-14-8-6-13(16)7-9-14/h3-9H,10,16H2,1-2H3. The summed E-state index contributed by atoms with van der Waals surface area (Å²) in [5.41, 5.74) is 10.2. The van der Waals surface area contributed by atoms with Crippen molar-refractivity contribution in [2.24, 2.45) is 0 Å². The monoisotopic (exact) mass is 227 g/mol. The van der Waals surface area contributed by atoms with Crippen LogP contribution in [-0.2, 0) is 6.61 Å². The summed E-state index contributed by atoms with van der Waals surface area (Å²) in [6.07, 6.45) is 0. The zero-order valence-corrected chi connectivity index (χ0v) is 10.2. The van der Waals surface area contributed by atoms with Gasteiger partial charge in [-0.05, 0) is 54.8 Å². The first-order chi connectivity index (χ1) is 8.16. The number of nitrogen functional groups attached to an aromatic ring is 1. The van der Waals surface area contributed by atoms with Gasteiger partial charge in [-0.15, -0.1) is 0 Å². The molecule has 0 aromatic heterocycles. The lowest BCUT2D eigenvalue weighted by Gasteiger charge is -2.11. The quantitative estimate of drug-likeness (QED) is 0.815. The minimum atomic E-state index is 0.600. The van der Waals surface area contributed by atoms with Crippen LogP contribution in [0.5, 0.6) is 5.75 Å². The Balaban J connectivity index is 2.10. The maximum atomic E-state index is 5.75. The van der Waals surface area contributed by atoms with E-state index in [1.54, 1.807) is 0 Å². The molecular formula is C15H17NO. The third-order valence-corrected chi connectivity index (χ3v) is 2.91. The van der Waals surface area contributed by atoms with Crippen LogP contribution >= 0.6 is 0 Å². The molecule has 0 fully saturated rings. The highest BCUT2D eigenvalue weighted by Crippen LogP contribution is 2.18. The minimum absolute atomic E-state index is 0.600. The summed E-state index contributed by atoms with van der Waals surface area (Å²) in [6, 6.07) is 13.8. The van der Waals surface area contributed by atoms with Gasteiger partial charge in [-0.25, -0.2) is 0 Å². The first kappa shape index (κ1) is 11.5. The van der Waals surface area contributed by atoms with Gasteiger partial charge in [-0.2, -0.15) is 0 Å². The Labute approximate surface area is 102 Å². The highest BCUT2D eigenvalue weighted by atomic mass is 16.5. The maximum Gasteiger partial charge on any atom is 0.119 e. The summed E-state index contributed by atoms with van der Waals surface area (Å²) in [4.78, 5) is 0. The molecule has 17 heavy (non-hydrogen) atoms. The molecule has 0 aliphatic rings. The molecule has 0 heterocycles. The fourth-order valence-corrected chi connectivity index (χ4v) is 1.80. The van der Waals surface area contributed by atoms with Crippen molar-refractivity contribution in [2.75, 3.05) is 5.73 Å². The number of nitrogens with two attached hydrogens (primary N) is 1. The van der Waals surface area contributed by atoms with Crippen molar-refractivity contribution in [1.29, 1.82) is 0 Å². The van der Waals surface area contributed by atoms with E-state index >= 15 is 0 Å². The Morgan fingerprint density at radius 1 is 0.941 bits per heavy atom. The van der Waals surface area contributed by atoms with Gasteiger partial charge in [0.2, 0.25) is 0 Å². The molecule has 2 aromatic rings. The van der Waals surface area contributed by atoms with E-state index in [1.165, 1.54) is 16.7 Å². The van der Waals surface area contributed by atoms with E-state index in [4.69, 9.17) is 10.5 Å². The highest BCUT2D eigenvalue weighted by Gasteiger charge is 2.02. The van der Waals surface area contributed by atoms with Gasteiger partial charge < -0.3 is 10.5 Å². The zero-order valence-electron chi connectivity index (χ0n) is 10.2. The van der Waals surface area contributed by atoms with E-state index in [-0.39, 0.29) is 0 Å². The van der Waals surface area contributed by atoms with E-state index in [0.29, 0.717) is 6.61 Å². The van der Waals surface area contributed by atoms with Gasteiger partial charge in [0.25, 0.3) is 0 Å². The van der Waals surface area contributed by atoms with Gasteiger partial charge in [0.15, 0.2) is 0 Å². The van der Waals surface area contributed by atoms with Crippen molar-refractivity contribution in [3.05, 3.63) is 59.2 Å². The van der Waals surface area contributed by atoms with Gasteiger partial charge in [0, 0.05) is 5.69 Å². The molecule has 0 atom stereocenters. The molecule has 2 aromatic carbocycles. The molecule has 2 rings (SSSR count). The average molecular weight is 227 g/mol. The second kappa shape index (κ2) is 4.91. The average Bonchev–Trinajstić information content (AvgIpc) is 2.31. The molecule has 0 aliphatic carbocycles. The minimum Gasteiger partial charge on any atom is -0.489 e. The SMILES string of the molecule is Cc1cccc(C)c1COc1ccc(N)cc1. The van der Waals surface area contributed by atoms with E-state index in [1.807, 2.05) is 24.3 Å². The van der Waals surface area contributed by atoms with Crippen LogP contribution in [0.4, 0.5) is 5.69 Å². The van der Waals surface area contributed by atoms with Crippen molar-refractivity contribution in [1.82, 2.24) is 0 Å². The van der Waals surface area contributed by atoms with E-state index in [9.17, 15) is 0 Å². The van der Waals surface area contributed by atoms with Crippen molar-refractivity contribution >= 4 is 5.69 Å². The summed E-state index contributed by atoms with van der Waals surface area (Å²) in [7, 11) is 0. The molecule has 0 amide bonds. The Morgan fingerprint density at radius 2 is 1.53 bits per heavy atom. The van der Waals surface area contributed by atoms with Crippen LogP contribution < -0.4 is 10.5 Å². The van der Waals surface area contributed by atoms with Crippen LogP contribution in [0.3, 0.4) is 0 Å². The molecule has 0 spiro atoms. The number of hydrogen-bond donors (Lipinski definition) is 1. The van der Waals surface area contributed by atoms with Crippen LogP contribution in [0.2, 0.25) is 0 Å². The molecule has 88 valence electrons. The Hall–Kier alpha value is -1.96. The lowest BCUT2D eigenvalue weighted by molar-refractivity contribution is 0.304. The van der Waals surface area contributed by atoms with Crippen LogP contribution in [0.1, 0.15) is 16.7 Å². The van der Waals surface area contributed by atoms with Crippen molar-refractivity contribution in [3.63, 3.8) is 0 Å². The molecule has 0 saturated carbocycles. The first-order valence-corrected chi connectivity index (χ1v) is 5.70. The number of benzene rings is 2. The molecule has 0 unspecified atom stereocenters. The second-order valence-electron chi connectivity index (χ2n) is 4.23. The van der Waals surface area contributed by atoms with E-state index in [0.717, 1.165) is 11.4 Å². The third kappa shape index (κ3) is 2.78. The molecule has 0 aliphatic heterocycles. The maximum absolute atomic E-state index is 5.75. The topological polar surface area (TPSA) is 35.2 Å². The summed E-state index contributed by atoms with van der Waals surface area (Å²) < 4.78 is 5.75. The lowest BCUT2D eigenvalue weighted by Crippen LogP contribution is -2.00. The molecule has 2 heteroatoms. The van der Waals surface area contributed by atoms with Gasteiger partial charge in [-0.3, -0.25) is 0 Å². The molecule has 0 saturated heterocycles. The fraction of sp³-hybridized carbons (Fsp3) is 0.200. The number of rotatable bonds is 3. The lowest BCUT2D eigenvalue weighted by atomic mass is 10.0. The predicted octanol–water partition coefficient (Wildman–Crippen LogP) is 3.46. The van der Waals surface area contributed by atoms with Gasteiger partial charge in [0.05, 0.1) is 0 Å². The predicted molar refractivity (Wildman–Crippen MR) is 71.1 cm³/mol. The zero-order chi connectivity index (χ0) is 12.3. The number of aryl methyl sites for hydroxylation is 2. The Bertz CT molecular complexity index is 483. The van der Waals surface area contributed by atoms with E-state index in [2.05, 4.69) is 32.0 Å². The fourth-order valence-electron chi connectivity index (χ4n) is 1.80. The molecule has 0 bridgehead atoms. The van der Waals surface area contributed by atoms with Gasteiger partial charge in [-0.1, -0.05) is 18.2 Å². The van der Waals surface area contributed by atoms with Crippen LogP contribution in [0.15, 0.2) is 42.5 Å². The molecule has 0 radical (unpaired) electrons.